The van der Waals surface area contributed by atoms with Crippen molar-refractivity contribution in [1.82, 2.24) is 10.6 Å². The van der Waals surface area contributed by atoms with Crippen LogP contribution in [0.1, 0.15) is 0 Å². The van der Waals surface area contributed by atoms with Gasteiger partial charge in [0.25, 0.3) is 0 Å². The van der Waals surface area contributed by atoms with Gasteiger partial charge in [-0.05, 0) is 0 Å². The Bertz CT molecular complexity index is 203. The molecular weight excluding hydrogens is 148 g/mol. The van der Waals surface area contributed by atoms with E-state index < -0.39 is 6.03 Å². The number of amides is 2. The van der Waals surface area contributed by atoms with Gasteiger partial charge < -0.3 is 22.1 Å². The van der Waals surface area contributed by atoms with Gasteiger partial charge in [-0.25, -0.2) is 4.79 Å². The molecule has 0 saturated heterocycles. The minimum atomic E-state index is -0.678. The fraction of sp³-hybridized carbons (Fsp3) is 0.250. The van der Waals surface area contributed by atoms with E-state index in [0.717, 1.165) is 0 Å². The Labute approximate surface area is 63.1 Å². The average Bonchev–Trinajstić information content (AvgIpc) is 1.87. The molecule has 0 saturated carbocycles. The smallest absolute Gasteiger partial charge is 0.313 e. The number of hydrogen-bond acceptors (Lipinski definition) is 3. The number of guanidine groups is 1. The van der Waals surface area contributed by atoms with Gasteiger partial charge in [0.05, 0.1) is 6.67 Å². The lowest BCUT2D eigenvalue weighted by molar-refractivity contribution is 0.249. The summed E-state index contributed by atoms with van der Waals surface area (Å²) in [5.74, 6) is -0.0683. The standard InChI is InChI=1S/C4H8N6O/c5-1-8-3(6)9-2-10-4(7)11/h2H2,(H3,6,8,9)(H3,7,10,11). The molecule has 0 rings (SSSR count). The number of carbonyl (C=O) groups excluding carboxylic acids is 1. The van der Waals surface area contributed by atoms with E-state index in [1.807, 2.05) is 0 Å². The van der Waals surface area contributed by atoms with E-state index >= 15 is 0 Å². The summed E-state index contributed by atoms with van der Waals surface area (Å²) in [5, 5.41) is 12.6. The molecule has 2 amide bonds. The van der Waals surface area contributed by atoms with Crippen molar-refractivity contribution in [3.05, 3.63) is 0 Å². The molecule has 11 heavy (non-hydrogen) atoms. The van der Waals surface area contributed by atoms with E-state index in [4.69, 9.17) is 16.7 Å². The molecule has 0 aromatic rings. The van der Waals surface area contributed by atoms with Crippen LogP contribution in [-0.4, -0.2) is 18.7 Å². The number of nitrogens with two attached hydrogens (primary N) is 2. The summed E-state index contributed by atoms with van der Waals surface area (Å²) in [6, 6.07) is -0.678. The molecule has 0 radical (unpaired) electrons. The molecule has 0 aromatic carbocycles. The van der Waals surface area contributed by atoms with Gasteiger partial charge in [-0.2, -0.15) is 5.26 Å². The summed E-state index contributed by atoms with van der Waals surface area (Å²) in [4.78, 5) is 13.2. The molecule has 7 nitrogen and oxygen atoms in total. The number of carbonyl (C=O) groups is 1. The summed E-state index contributed by atoms with van der Waals surface area (Å²) in [5.41, 5.74) is 9.81. The first kappa shape index (κ1) is 9.03. The molecule has 0 unspecified atom stereocenters. The van der Waals surface area contributed by atoms with Gasteiger partial charge in [-0.1, -0.05) is 0 Å². The Kier molecular flexibility index (Phi) is 4.00. The van der Waals surface area contributed by atoms with Gasteiger partial charge in [-0.3, -0.25) is 0 Å². The molecular formula is C4H8N6O. The lowest BCUT2D eigenvalue weighted by Crippen LogP contribution is -2.42. The zero-order valence-electron chi connectivity index (χ0n) is 5.66. The molecule has 0 atom stereocenters. The predicted octanol–water partition coefficient (Wildman–Crippen LogP) is -2.00. The van der Waals surface area contributed by atoms with Gasteiger partial charge in [0.15, 0.2) is 0 Å². The minimum absolute atomic E-state index is 0.0480. The Morgan fingerprint density at radius 1 is 1.55 bits per heavy atom. The summed E-state index contributed by atoms with van der Waals surface area (Å²) >= 11 is 0. The molecule has 6 N–H and O–H groups in total. The van der Waals surface area contributed by atoms with E-state index in [2.05, 4.69) is 15.6 Å². The van der Waals surface area contributed by atoms with Crippen LogP contribution >= 0.6 is 0 Å². The van der Waals surface area contributed by atoms with Gasteiger partial charge in [0, 0.05) is 0 Å². The van der Waals surface area contributed by atoms with E-state index in [0.29, 0.717) is 0 Å². The van der Waals surface area contributed by atoms with E-state index in [1.165, 1.54) is 6.19 Å². The van der Waals surface area contributed by atoms with Crippen LogP contribution in [-0.2, 0) is 0 Å². The fourth-order valence-electron chi connectivity index (χ4n) is 0.315. The third-order valence-corrected chi connectivity index (χ3v) is 0.703. The molecule has 0 aliphatic heterocycles. The van der Waals surface area contributed by atoms with E-state index in [-0.39, 0.29) is 12.6 Å². The lowest BCUT2D eigenvalue weighted by atomic mass is 10.8. The highest BCUT2D eigenvalue weighted by atomic mass is 16.2. The Morgan fingerprint density at radius 2 is 2.18 bits per heavy atom. The van der Waals surface area contributed by atoms with Crippen molar-refractivity contribution in [2.24, 2.45) is 16.5 Å². The van der Waals surface area contributed by atoms with Gasteiger partial charge in [-0.15, -0.1) is 4.99 Å². The Morgan fingerprint density at radius 3 is 2.64 bits per heavy atom. The second-order valence-electron chi connectivity index (χ2n) is 1.49. The zero-order chi connectivity index (χ0) is 8.69. The van der Waals surface area contributed by atoms with Crippen LogP contribution < -0.4 is 22.1 Å². The first-order chi connectivity index (χ1) is 5.16. The third kappa shape index (κ3) is 5.91. The van der Waals surface area contributed by atoms with Crippen molar-refractivity contribution in [3.8, 4) is 6.19 Å². The molecule has 0 fully saturated rings. The monoisotopic (exact) mass is 156 g/mol. The summed E-state index contributed by atoms with van der Waals surface area (Å²) in [6.45, 7) is 0.0480. The molecule has 60 valence electrons. The summed E-state index contributed by atoms with van der Waals surface area (Å²) in [7, 11) is 0. The first-order valence-corrected chi connectivity index (χ1v) is 2.66. The number of nitrogens with zero attached hydrogens (tertiary/aromatic N) is 2. The van der Waals surface area contributed by atoms with Crippen LogP contribution in [0.3, 0.4) is 0 Å². The molecule has 0 aliphatic carbocycles. The normalized spacial score (nSPS) is 9.91. The quantitative estimate of drug-likeness (QED) is 0.159. The van der Waals surface area contributed by atoms with Crippen molar-refractivity contribution in [2.75, 3.05) is 6.67 Å². The first-order valence-electron chi connectivity index (χ1n) is 2.66. The maximum absolute atomic E-state index is 10.1. The maximum Gasteiger partial charge on any atom is 0.313 e. The van der Waals surface area contributed by atoms with Gasteiger partial charge in [0.2, 0.25) is 12.2 Å². The number of nitrogens with one attached hydrogen (secondary N) is 2. The van der Waals surface area contributed by atoms with Crippen molar-refractivity contribution < 1.29 is 4.79 Å². The summed E-state index contributed by atoms with van der Waals surface area (Å²) < 4.78 is 0. The third-order valence-electron chi connectivity index (χ3n) is 0.703. The molecule has 0 bridgehead atoms. The molecule has 0 spiro atoms. The number of nitriles is 1. The van der Waals surface area contributed by atoms with Crippen LogP contribution in [0.4, 0.5) is 4.79 Å². The van der Waals surface area contributed by atoms with Gasteiger partial charge in [0.1, 0.15) is 0 Å². The predicted molar refractivity (Wildman–Crippen MR) is 38.0 cm³/mol. The highest BCUT2D eigenvalue weighted by Gasteiger charge is 1.90. The lowest BCUT2D eigenvalue weighted by Gasteiger charge is -2.02. The van der Waals surface area contributed by atoms with Crippen molar-refractivity contribution in [3.63, 3.8) is 0 Å². The van der Waals surface area contributed by atoms with Crippen LogP contribution in [0.15, 0.2) is 4.99 Å². The second-order valence-corrected chi connectivity index (χ2v) is 1.49. The number of primary amides is 1. The van der Waals surface area contributed by atoms with Crippen molar-refractivity contribution in [2.45, 2.75) is 0 Å². The summed E-state index contributed by atoms with van der Waals surface area (Å²) in [6.07, 6.45) is 1.46. The molecule has 0 aromatic heterocycles. The van der Waals surface area contributed by atoms with Gasteiger partial charge >= 0.3 is 6.03 Å². The van der Waals surface area contributed by atoms with E-state index in [9.17, 15) is 4.79 Å². The highest BCUT2D eigenvalue weighted by molar-refractivity contribution is 5.79. The number of urea groups is 1. The fourth-order valence-corrected chi connectivity index (χ4v) is 0.315. The molecule has 7 heteroatoms. The van der Waals surface area contributed by atoms with Crippen LogP contribution in [0.5, 0.6) is 0 Å². The highest BCUT2D eigenvalue weighted by Crippen LogP contribution is 1.60. The number of hydrogen-bond donors (Lipinski definition) is 4. The maximum atomic E-state index is 10.1. The Balaban J connectivity index is 3.48. The minimum Gasteiger partial charge on any atom is -0.369 e. The zero-order valence-corrected chi connectivity index (χ0v) is 5.66. The Hall–Kier alpha value is -1.97. The number of rotatable bonds is 2. The largest absolute Gasteiger partial charge is 0.369 e. The van der Waals surface area contributed by atoms with Crippen LogP contribution in [0.2, 0.25) is 0 Å². The van der Waals surface area contributed by atoms with Crippen LogP contribution in [0.25, 0.3) is 0 Å². The molecule has 0 aliphatic rings. The second kappa shape index (κ2) is 4.87. The van der Waals surface area contributed by atoms with Crippen molar-refractivity contribution in [1.29, 1.82) is 5.26 Å². The van der Waals surface area contributed by atoms with Crippen LogP contribution in [0, 0.1) is 11.5 Å². The SMILES string of the molecule is N#C/N=C(\N)NCNC(N)=O. The number of aliphatic imine (C=N–C) groups is 1. The van der Waals surface area contributed by atoms with Crippen molar-refractivity contribution >= 4 is 12.0 Å². The topological polar surface area (TPSA) is 129 Å². The van der Waals surface area contributed by atoms with E-state index in [1.54, 1.807) is 0 Å². The average molecular weight is 156 g/mol. The molecule has 0 heterocycles.